The topological polar surface area (TPSA) is 96.5 Å². The molecule has 0 aliphatic carbocycles. The average Bonchev–Trinajstić information content (AvgIpc) is 2.79. The van der Waals surface area contributed by atoms with Crippen LogP contribution >= 0.6 is 0 Å². The number of aryl methyl sites for hydroxylation is 1. The Morgan fingerprint density at radius 1 is 1.56 bits per heavy atom. The van der Waals surface area contributed by atoms with E-state index < -0.39 is 5.91 Å². The van der Waals surface area contributed by atoms with Crippen molar-refractivity contribution in [1.82, 2.24) is 25.4 Å². The number of hydrogen-bond acceptors (Lipinski definition) is 5. The fourth-order valence-corrected chi connectivity index (χ4v) is 1.10. The number of carbonyl (C=O) groups excluding carboxylic acids is 1. The summed E-state index contributed by atoms with van der Waals surface area (Å²) < 4.78 is 0. The van der Waals surface area contributed by atoms with E-state index in [0.29, 0.717) is 18.1 Å². The highest BCUT2D eigenvalue weighted by Gasteiger charge is 2.12. The lowest BCUT2D eigenvalue weighted by atomic mass is 10.4. The van der Waals surface area contributed by atoms with Crippen LogP contribution in [0.5, 0.6) is 0 Å². The van der Waals surface area contributed by atoms with Gasteiger partial charge in [-0.25, -0.2) is 4.98 Å². The Bertz CT molecular complexity index is 480. The molecule has 0 radical (unpaired) electrons. The number of H-pyrrole nitrogens is 1. The largest absolute Gasteiger partial charge is 0.302 e. The number of aromatic nitrogens is 5. The number of nitrogens with one attached hydrogen (secondary N) is 2. The van der Waals surface area contributed by atoms with E-state index in [1.807, 2.05) is 6.92 Å². The highest BCUT2D eigenvalue weighted by molar-refractivity contribution is 6.00. The summed E-state index contributed by atoms with van der Waals surface area (Å²) in [7, 11) is 0. The summed E-state index contributed by atoms with van der Waals surface area (Å²) in [5, 5.41) is 16.4. The van der Waals surface area contributed by atoms with Crippen molar-refractivity contribution in [1.29, 1.82) is 0 Å². The molecule has 2 aromatic rings. The molecule has 0 aromatic carbocycles. The molecule has 0 unspecified atom stereocenters. The van der Waals surface area contributed by atoms with Crippen molar-refractivity contribution in [2.75, 3.05) is 5.32 Å². The number of nitrogens with zero attached hydrogens (tertiary/aromatic N) is 4. The van der Waals surface area contributed by atoms with Crippen LogP contribution in [0.15, 0.2) is 18.3 Å². The van der Waals surface area contributed by atoms with Gasteiger partial charge in [0.05, 0.1) is 0 Å². The molecule has 0 aliphatic heterocycles. The molecule has 0 saturated carbocycles. The molecule has 0 saturated heterocycles. The molecule has 7 heteroatoms. The summed E-state index contributed by atoms with van der Waals surface area (Å²) in [6, 6.07) is 3.32. The molecule has 2 aromatic heterocycles. The summed E-state index contributed by atoms with van der Waals surface area (Å²) in [6.07, 6.45) is 2.23. The normalized spacial score (nSPS) is 10.1. The van der Waals surface area contributed by atoms with Crippen LogP contribution in [0.25, 0.3) is 0 Å². The van der Waals surface area contributed by atoms with Crippen LogP contribution in [0.1, 0.15) is 23.4 Å². The molecule has 1 amide bonds. The van der Waals surface area contributed by atoms with E-state index in [1.54, 1.807) is 12.1 Å². The second kappa shape index (κ2) is 4.47. The molecule has 0 atom stereocenters. The first-order valence-electron chi connectivity index (χ1n) is 4.80. The number of anilines is 1. The first-order chi connectivity index (χ1) is 7.79. The lowest BCUT2D eigenvalue weighted by Crippen LogP contribution is -2.15. The van der Waals surface area contributed by atoms with Gasteiger partial charge in [0.15, 0.2) is 5.82 Å². The average molecular weight is 218 g/mol. The van der Waals surface area contributed by atoms with Gasteiger partial charge < -0.3 is 5.32 Å². The molecule has 0 spiro atoms. The Balaban J connectivity index is 2.09. The lowest BCUT2D eigenvalue weighted by molar-refractivity contribution is 0.101. The van der Waals surface area contributed by atoms with Crippen molar-refractivity contribution in [3.05, 3.63) is 30.0 Å². The Hall–Kier alpha value is -2.31. The number of aromatic amines is 1. The quantitative estimate of drug-likeness (QED) is 0.777. The zero-order valence-electron chi connectivity index (χ0n) is 8.64. The van der Waals surface area contributed by atoms with Gasteiger partial charge in [0.25, 0.3) is 5.91 Å². The summed E-state index contributed by atoms with van der Waals surface area (Å²) in [6.45, 7) is 1.92. The van der Waals surface area contributed by atoms with Gasteiger partial charge in [-0.15, -0.1) is 10.2 Å². The maximum absolute atomic E-state index is 11.6. The fourth-order valence-electron chi connectivity index (χ4n) is 1.10. The summed E-state index contributed by atoms with van der Waals surface area (Å²) in [5.41, 5.74) is 0. The molecule has 0 aliphatic rings. The Kier molecular flexibility index (Phi) is 2.86. The van der Waals surface area contributed by atoms with E-state index in [0.717, 1.165) is 0 Å². The zero-order chi connectivity index (χ0) is 11.4. The summed E-state index contributed by atoms with van der Waals surface area (Å²) >= 11 is 0. The van der Waals surface area contributed by atoms with Crippen molar-refractivity contribution in [2.45, 2.75) is 13.3 Å². The minimum absolute atomic E-state index is 0.0995. The summed E-state index contributed by atoms with van der Waals surface area (Å²) in [4.78, 5) is 15.6. The van der Waals surface area contributed by atoms with E-state index >= 15 is 0 Å². The number of carbonyl (C=O) groups is 1. The van der Waals surface area contributed by atoms with Crippen molar-refractivity contribution in [3.8, 4) is 0 Å². The molecule has 7 nitrogen and oxygen atoms in total. The Morgan fingerprint density at radius 2 is 2.44 bits per heavy atom. The van der Waals surface area contributed by atoms with E-state index in [-0.39, 0.29) is 5.82 Å². The van der Waals surface area contributed by atoms with Crippen LogP contribution < -0.4 is 5.32 Å². The third-order valence-corrected chi connectivity index (χ3v) is 1.88. The number of amides is 1. The van der Waals surface area contributed by atoms with Crippen LogP contribution in [0, 0.1) is 0 Å². The first kappa shape index (κ1) is 10.2. The van der Waals surface area contributed by atoms with Gasteiger partial charge in [-0.2, -0.15) is 5.10 Å². The molecule has 16 heavy (non-hydrogen) atoms. The first-order valence-corrected chi connectivity index (χ1v) is 4.80. The van der Waals surface area contributed by atoms with Gasteiger partial charge >= 0.3 is 0 Å². The molecule has 2 heterocycles. The Labute approximate surface area is 91.3 Å². The third kappa shape index (κ3) is 2.19. The molecule has 0 fully saturated rings. The van der Waals surface area contributed by atoms with Crippen LogP contribution in [-0.4, -0.2) is 31.3 Å². The van der Waals surface area contributed by atoms with Gasteiger partial charge in [-0.05, 0) is 12.1 Å². The van der Waals surface area contributed by atoms with Gasteiger partial charge in [-0.1, -0.05) is 6.92 Å². The van der Waals surface area contributed by atoms with Gasteiger partial charge in [0.1, 0.15) is 5.82 Å². The highest BCUT2D eigenvalue weighted by atomic mass is 16.2. The monoisotopic (exact) mass is 218 g/mol. The smallest absolute Gasteiger partial charge is 0.296 e. The standard InChI is InChI=1S/C9H10N6O/c1-2-6-11-8(15-14-6)9(16)12-7-4-3-5-10-13-7/h3-5H,2H2,1H3,(H,11,14,15)(H,12,13,16). The van der Waals surface area contributed by atoms with Crippen LogP contribution in [0.2, 0.25) is 0 Å². The molecule has 0 bridgehead atoms. The van der Waals surface area contributed by atoms with Gasteiger partial charge in [-0.3, -0.25) is 9.89 Å². The maximum Gasteiger partial charge on any atom is 0.296 e. The van der Waals surface area contributed by atoms with Crippen LogP contribution in [0.4, 0.5) is 5.82 Å². The molecule has 2 rings (SSSR count). The van der Waals surface area contributed by atoms with Crippen molar-refractivity contribution in [2.24, 2.45) is 0 Å². The molecule has 82 valence electrons. The fraction of sp³-hybridized carbons (Fsp3) is 0.222. The minimum atomic E-state index is -0.406. The predicted octanol–water partition coefficient (Wildman–Crippen LogP) is 0.409. The zero-order valence-corrected chi connectivity index (χ0v) is 8.64. The molecular weight excluding hydrogens is 208 g/mol. The van der Waals surface area contributed by atoms with Crippen LogP contribution in [-0.2, 0) is 6.42 Å². The van der Waals surface area contributed by atoms with Crippen LogP contribution in [0.3, 0.4) is 0 Å². The predicted molar refractivity (Wildman–Crippen MR) is 55.7 cm³/mol. The molecular formula is C9H10N6O. The summed E-state index contributed by atoms with van der Waals surface area (Å²) in [5.74, 6) is 0.735. The van der Waals surface area contributed by atoms with Crippen molar-refractivity contribution < 1.29 is 4.79 Å². The van der Waals surface area contributed by atoms with E-state index in [2.05, 4.69) is 30.7 Å². The Morgan fingerprint density at radius 3 is 3.06 bits per heavy atom. The maximum atomic E-state index is 11.6. The minimum Gasteiger partial charge on any atom is -0.302 e. The third-order valence-electron chi connectivity index (χ3n) is 1.88. The lowest BCUT2D eigenvalue weighted by Gasteiger charge is -1.98. The number of rotatable bonds is 3. The highest BCUT2D eigenvalue weighted by Crippen LogP contribution is 2.01. The van der Waals surface area contributed by atoms with Crippen molar-refractivity contribution in [3.63, 3.8) is 0 Å². The van der Waals surface area contributed by atoms with Gasteiger partial charge in [0, 0.05) is 12.6 Å². The second-order valence-corrected chi connectivity index (χ2v) is 3.02. The van der Waals surface area contributed by atoms with Crippen molar-refractivity contribution >= 4 is 11.7 Å². The molecule has 2 N–H and O–H groups in total. The van der Waals surface area contributed by atoms with E-state index in [9.17, 15) is 4.79 Å². The second-order valence-electron chi connectivity index (χ2n) is 3.02. The van der Waals surface area contributed by atoms with Gasteiger partial charge in [0.2, 0.25) is 5.82 Å². The number of hydrogen-bond donors (Lipinski definition) is 2. The van der Waals surface area contributed by atoms with E-state index in [1.165, 1.54) is 6.20 Å². The SMILES string of the molecule is CCc1nc(C(=O)Nc2cccnn2)n[nH]1. The van der Waals surface area contributed by atoms with E-state index in [4.69, 9.17) is 0 Å².